The second-order valence-corrected chi connectivity index (χ2v) is 5.59. The predicted molar refractivity (Wildman–Crippen MR) is 81.5 cm³/mol. The zero-order valence-electron chi connectivity index (χ0n) is 10.9. The van der Waals surface area contributed by atoms with Gasteiger partial charge in [-0.05, 0) is 31.5 Å². The Labute approximate surface area is 127 Å². The van der Waals surface area contributed by atoms with E-state index < -0.39 is 0 Å². The van der Waals surface area contributed by atoms with Crippen LogP contribution in [0.25, 0.3) is 0 Å². The minimum Gasteiger partial charge on any atom is -0.380 e. The number of benzene rings is 1. The third kappa shape index (κ3) is 2.99. The van der Waals surface area contributed by atoms with E-state index in [0.717, 1.165) is 22.5 Å². The Bertz CT molecular complexity index is 620. The molecule has 6 heteroatoms. The highest BCUT2D eigenvalue weighted by molar-refractivity contribution is 6.35. The summed E-state index contributed by atoms with van der Waals surface area (Å²) < 4.78 is 1.65. The molecule has 0 atom stereocenters. The quantitative estimate of drug-likeness (QED) is 0.895. The lowest BCUT2D eigenvalue weighted by atomic mass is 10.2. The Balaban J connectivity index is 2.21. The summed E-state index contributed by atoms with van der Waals surface area (Å²) in [6, 6.07) is 3.66. The van der Waals surface area contributed by atoms with E-state index in [0.29, 0.717) is 21.7 Å². The fraction of sp³-hybridized carbons (Fsp3) is 0.308. The van der Waals surface area contributed by atoms with Gasteiger partial charge in [-0.15, -0.1) is 0 Å². The summed E-state index contributed by atoms with van der Waals surface area (Å²) >= 11 is 18.4. The van der Waals surface area contributed by atoms with Crippen molar-refractivity contribution < 1.29 is 0 Å². The number of anilines is 1. The van der Waals surface area contributed by atoms with Gasteiger partial charge in [-0.3, -0.25) is 4.68 Å². The Morgan fingerprint density at radius 2 is 1.84 bits per heavy atom. The van der Waals surface area contributed by atoms with Crippen molar-refractivity contribution in [3.63, 3.8) is 0 Å². The van der Waals surface area contributed by atoms with Gasteiger partial charge in [0.05, 0.1) is 16.4 Å². The lowest BCUT2D eigenvalue weighted by Crippen LogP contribution is -2.01. The first-order valence-corrected chi connectivity index (χ1v) is 6.91. The van der Waals surface area contributed by atoms with Gasteiger partial charge in [-0.2, -0.15) is 5.10 Å². The summed E-state index contributed by atoms with van der Waals surface area (Å²) in [5, 5.41) is 9.45. The zero-order chi connectivity index (χ0) is 14.2. The number of hydrogen-bond donors (Lipinski definition) is 1. The highest BCUT2D eigenvalue weighted by Gasteiger charge is 2.12. The van der Waals surface area contributed by atoms with Crippen molar-refractivity contribution >= 4 is 40.5 Å². The molecule has 1 aromatic heterocycles. The highest BCUT2D eigenvalue weighted by atomic mass is 35.5. The summed E-state index contributed by atoms with van der Waals surface area (Å²) in [5.74, 6) is 0. The van der Waals surface area contributed by atoms with Crippen LogP contribution in [0, 0.1) is 13.8 Å². The molecule has 0 aliphatic rings. The smallest absolute Gasteiger partial charge is 0.131 e. The second-order valence-electron chi connectivity index (χ2n) is 4.41. The summed E-state index contributed by atoms with van der Waals surface area (Å²) in [6.07, 6.45) is 0. The largest absolute Gasteiger partial charge is 0.380 e. The average Bonchev–Trinajstić information content (AvgIpc) is 2.57. The molecule has 1 heterocycles. The van der Waals surface area contributed by atoms with Gasteiger partial charge in [-0.25, -0.2) is 0 Å². The average molecular weight is 319 g/mol. The molecule has 0 aliphatic carbocycles. The van der Waals surface area contributed by atoms with Crippen LogP contribution in [0.4, 0.5) is 5.69 Å². The molecule has 1 N–H and O–H groups in total. The number of hydrogen-bond acceptors (Lipinski definition) is 2. The number of nitrogens with one attached hydrogen (secondary N) is 1. The van der Waals surface area contributed by atoms with Crippen molar-refractivity contribution in [2.75, 3.05) is 5.32 Å². The molecular weight excluding hydrogens is 305 g/mol. The van der Waals surface area contributed by atoms with E-state index in [1.807, 2.05) is 33.0 Å². The Kier molecular flexibility index (Phi) is 4.29. The van der Waals surface area contributed by atoms with Gasteiger partial charge in [0.2, 0.25) is 0 Å². The van der Waals surface area contributed by atoms with E-state index in [9.17, 15) is 0 Å². The Morgan fingerprint density at radius 1 is 1.16 bits per heavy atom. The minimum absolute atomic E-state index is 0.553. The lowest BCUT2D eigenvalue weighted by Gasteiger charge is -2.10. The molecule has 2 aromatic rings. The van der Waals surface area contributed by atoms with Crippen LogP contribution in [0.1, 0.15) is 16.8 Å². The molecule has 0 radical (unpaired) electrons. The van der Waals surface area contributed by atoms with E-state index in [1.165, 1.54) is 0 Å². The fourth-order valence-corrected chi connectivity index (χ4v) is 2.53. The third-order valence-electron chi connectivity index (χ3n) is 2.97. The Morgan fingerprint density at radius 3 is 2.42 bits per heavy atom. The van der Waals surface area contributed by atoms with Crippen molar-refractivity contribution in [2.24, 2.45) is 7.05 Å². The van der Waals surface area contributed by atoms with Crippen LogP contribution in [-0.2, 0) is 13.6 Å². The Hall–Kier alpha value is -0.900. The van der Waals surface area contributed by atoms with Crippen molar-refractivity contribution in [1.29, 1.82) is 0 Å². The van der Waals surface area contributed by atoms with Gasteiger partial charge >= 0.3 is 0 Å². The van der Waals surface area contributed by atoms with Gasteiger partial charge in [0.1, 0.15) is 5.15 Å². The summed E-state index contributed by atoms with van der Waals surface area (Å²) in [7, 11) is 1.81. The van der Waals surface area contributed by atoms with E-state index in [-0.39, 0.29) is 0 Å². The molecule has 0 amide bonds. The fourth-order valence-electron chi connectivity index (χ4n) is 1.84. The SMILES string of the molecule is Cc1cc(Cl)c(NCc2c(C)nn(C)c2Cl)cc1Cl. The van der Waals surface area contributed by atoms with E-state index in [4.69, 9.17) is 34.8 Å². The number of rotatable bonds is 3. The lowest BCUT2D eigenvalue weighted by molar-refractivity contribution is 0.757. The monoisotopic (exact) mass is 317 g/mol. The standard InChI is InChI=1S/C13H14Cl3N3/c1-7-4-11(15)12(5-10(7)14)17-6-9-8(2)18-19(3)13(9)16/h4-5,17H,6H2,1-3H3. The van der Waals surface area contributed by atoms with Crippen LogP contribution in [0.5, 0.6) is 0 Å². The second kappa shape index (κ2) is 5.61. The molecule has 0 spiro atoms. The normalized spacial score (nSPS) is 10.8. The topological polar surface area (TPSA) is 29.9 Å². The van der Waals surface area contributed by atoms with Gasteiger partial charge < -0.3 is 5.32 Å². The van der Waals surface area contributed by atoms with Crippen LogP contribution < -0.4 is 5.32 Å². The minimum atomic E-state index is 0.553. The molecule has 0 unspecified atom stereocenters. The maximum absolute atomic E-state index is 6.18. The molecule has 0 saturated carbocycles. The molecule has 1 aromatic carbocycles. The number of aromatic nitrogens is 2. The van der Waals surface area contributed by atoms with Crippen LogP contribution >= 0.6 is 34.8 Å². The first kappa shape index (κ1) is 14.5. The van der Waals surface area contributed by atoms with Gasteiger partial charge in [0.25, 0.3) is 0 Å². The van der Waals surface area contributed by atoms with E-state index >= 15 is 0 Å². The molecule has 0 saturated heterocycles. The molecule has 2 rings (SSSR count). The third-order valence-corrected chi connectivity index (χ3v) is 4.17. The molecule has 19 heavy (non-hydrogen) atoms. The van der Waals surface area contributed by atoms with E-state index in [2.05, 4.69) is 10.4 Å². The molecular formula is C13H14Cl3N3. The van der Waals surface area contributed by atoms with E-state index in [1.54, 1.807) is 4.68 Å². The number of nitrogens with zero attached hydrogens (tertiary/aromatic N) is 2. The molecule has 0 bridgehead atoms. The first-order chi connectivity index (χ1) is 8.90. The highest BCUT2D eigenvalue weighted by Crippen LogP contribution is 2.30. The molecule has 0 aliphatic heterocycles. The van der Waals surface area contributed by atoms with Crippen molar-refractivity contribution in [3.8, 4) is 0 Å². The molecule has 102 valence electrons. The van der Waals surface area contributed by atoms with Crippen molar-refractivity contribution in [1.82, 2.24) is 9.78 Å². The van der Waals surface area contributed by atoms with Crippen LogP contribution in [0.3, 0.4) is 0 Å². The predicted octanol–water partition coefficient (Wildman–Crippen LogP) is 4.61. The van der Waals surface area contributed by atoms with Crippen molar-refractivity contribution in [2.45, 2.75) is 20.4 Å². The van der Waals surface area contributed by atoms with Crippen LogP contribution in [0.2, 0.25) is 15.2 Å². The maximum Gasteiger partial charge on any atom is 0.131 e. The molecule has 0 fully saturated rings. The zero-order valence-corrected chi connectivity index (χ0v) is 13.2. The summed E-state index contributed by atoms with van der Waals surface area (Å²) in [4.78, 5) is 0. The van der Waals surface area contributed by atoms with Gasteiger partial charge in [0, 0.05) is 24.2 Å². The van der Waals surface area contributed by atoms with Gasteiger partial charge in [0.15, 0.2) is 0 Å². The maximum atomic E-state index is 6.18. The number of aryl methyl sites for hydroxylation is 3. The van der Waals surface area contributed by atoms with Crippen LogP contribution in [0.15, 0.2) is 12.1 Å². The van der Waals surface area contributed by atoms with Crippen molar-refractivity contribution in [3.05, 3.63) is 44.2 Å². The summed E-state index contributed by atoms with van der Waals surface area (Å²) in [5.41, 5.74) is 3.59. The first-order valence-electron chi connectivity index (χ1n) is 5.77. The summed E-state index contributed by atoms with van der Waals surface area (Å²) in [6.45, 7) is 4.39. The molecule has 3 nitrogen and oxygen atoms in total. The number of halogens is 3. The van der Waals surface area contributed by atoms with Crippen LogP contribution in [-0.4, -0.2) is 9.78 Å². The van der Waals surface area contributed by atoms with Gasteiger partial charge in [-0.1, -0.05) is 34.8 Å².